The van der Waals surface area contributed by atoms with Gasteiger partial charge < -0.3 is 15.5 Å². The Labute approximate surface area is 108 Å². The Kier molecular flexibility index (Phi) is 6.39. The van der Waals surface area contributed by atoms with Gasteiger partial charge in [-0.3, -0.25) is 4.79 Å². The molecule has 0 aromatic heterocycles. The van der Waals surface area contributed by atoms with E-state index in [9.17, 15) is 9.90 Å². The van der Waals surface area contributed by atoms with Crippen LogP contribution in [0.1, 0.15) is 30.9 Å². The standard InChI is InChI=1S/C14H21NO3/c1-2-3-13(16)10-15-9-12-6-4-11(5-7-12)8-14(17)18/h4-7,13,15-16H,2-3,8-10H2,1H3,(H,17,18). The van der Waals surface area contributed by atoms with Crippen LogP contribution >= 0.6 is 0 Å². The molecule has 0 aliphatic rings. The molecule has 0 amide bonds. The number of aliphatic hydroxyl groups is 1. The van der Waals surface area contributed by atoms with E-state index < -0.39 is 5.97 Å². The lowest BCUT2D eigenvalue weighted by molar-refractivity contribution is -0.136. The Morgan fingerprint density at radius 1 is 1.28 bits per heavy atom. The number of aliphatic carboxylic acids is 1. The first kappa shape index (κ1) is 14.7. The molecule has 1 aromatic carbocycles. The zero-order valence-electron chi connectivity index (χ0n) is 10.7. The molecule has 100 valence electrons. The number of rotatable bonds is 8. The van der Waals surface area contributed by atoms with Crippen molar-refractivity contribution in [2.75, 3.05) is 6.54 Å². The molecule has 1 unspecified atom stereocenters. The van der Waals surface area contributed by atoms with Crippen LogP contribution in [-0.2, 0) is 17.8 Å². The lowest BCUT2D eigenvalue weighted by Crippen LogP contribution is -2.26. The van der Waals surface area contributed by atoms with Gasteiger partial charge >= 0.3 is 5.97 Å². The number of carbonyl (C=O) groups is 1. The van der Waals surface area contributed by atoms with E-state index in [4.69, 9.17) is 5.11 Å². The number of carboxylic acids is 1. The third-order valence-electron chi connectivity index (χ3n) is 2.71. The molecule has 0 fully saturated rings. The minimum Gasteiger partial charge on any atom is -0.481 e. The fourth-order valence-electron chi connectivity index (χ4n) is 1.77. The molecular weight excluding hydrogens is 230 g/mol. The molecule has 4 nitrogen and oxygen atoms in total. The molecular formula is C14H21NO3. The van der Waals surface area contributed by atoms with Crippen molar-refractivity contribution in [2.24, 2.45) is 0 Å². The Balaban J connectivity index is 2.32. The zero-order chi connectivity index (χ0) is 13.4. The summed E-state index contributed by atoms with van der Waals surface area (Å²) in [7, 11) is 0. The summed E-state index contributed by atoms with van der Waals surface area (Å²) < 4.78 is 0. The van der Waals surface area contributed by atoms with Crippen LogP contribution in [0, 0.1) is 0 Å². The topological polar surface area (TPSA) is 69.6 Å². The van der Waals surface area contributed by atoms with Crippen LogP contribution < -0.4 is 5.32 Å². The van der Waals surface area contributed by atoms with E-state index in [-0.39, 0.29) is 12.5 Å². The van der Waals surface area contributed by atoms with E-state index in [1.54, 1.807) is 0 Å². The van der Waals surface area contributed by atoms with Gasteiger partial charge in [0.1, 0.15) is 0 Å². The summed E-state index contributed by atoms with van der Waals surface area (Å²) in [5, 5.41) is 21.4. The summed E-state index contributed by atoms with van der Waals surface area (Å²) in [6, 6.07) is 7.48. The first-order valence-corrected chi connectivity index (χ1v) is 6.30. The highest BCUT2D eigenvalue weighted by molar-refractivity contribution is 5.70. The average molecular weight is 251 g/mol. The van der Waals surface area contributed by atoms with E-state index in [1.165, 1.54) is 0 Å². The fraction of sp³-hybridized carbons (Fsp3) is 0.500. The Morgan fingerprint density at radius 2 is 1.89 bits per heavy atom. The van der Waals surface area contributed by atoms with Gasteiger partial charge in [0, 0.05) is 13.1 Å². The highest BCUT2D eigenvalue weighted by atomic mass is 16.4. The first-order chi connectivity index (χ1) is 8.61. The predicted molar refractivity (Wildman–Crippen MR) is 70.4 cm³/mol. The van der Waals surface area contributed by atoms with Crippen LogP contribution in [0.3, 0.4) is 0 Å². The number of nitrogens with one attached hydrogen (secondary N) is 1. The van der Waals surface area contributed by atoms with E-state index >= 15 is 0 Å². The number of aliphatic hydroxyl groups excluding tert-OH is 1. The number of carboxylic acid groups (broad SMARTS) is 1. The third-order valence-corrected chi connectivity index (χ3v) is 2.71. The molecule has 3 N–H and O–H groups in total. The molecule has 4 heteroatoms. The second-order valence-electron chi connectivity index (χ2n) is 4.46. The molecule has 1 rings (SSSR count). The van der Waals surface area contributed by atoms with Gasteiger partial charge in [-0.05, 0) is 17.5 Å². The normalized spacial score (nSPS) is 12.3. The van der Waals surface area contributed by atoms with Crippen molar-refractivity contribution in [2.45, 2.75) is 38.8 Å². The molecule has 1 aromatic rings. The quantitative estimate of drug-likeness (QED) is 0.656. The summed E-state index contributed by atoms with van der Waals surface area (Å²) in [4.78, 5) is 10.5. The van der Waals surface area contributed by atoms with Gasteiger partial charge in [0.2, 0.25) is 0 Å². The molecule has 1 atom stereocenters. The maximum atomic E-state index is 10.5. The molecule has 18 heavy (non-hydrogen) atoms. The molecule has 0 aliphatic heterocycles. The smallest absolute Gasteiger partial charge is 0.307 e. The van der Waals surface area contributed by atoms with Crippen molar-refractivity contribution in [3.63, 3.8) is 0 Å². The van der Waals surface area contributed by atoms with Crippen molar-refractivity contribution in [3.05, 3.63) is 35.4 Å². The number of hydrogen-bond acceptors (Lipinski definition) is 3. The van der Waals surface area contributed by atoms with Gasteiger partial charge in [-0.1, -0.05) is 37.6 Å². The molecule has 0 saturated carbocycles. The van der Waals surface area contributed by atoms with Gasteiger partial charge in [0.25, 0.3) is 0 Å². The average Bonchev–Trinajstić information content (AvgIpc) is 2.31. The fourth-order valence-corrected chi connectivity index (χ4v) is 1.77. The van der Waals surface area contributed by atoms with E-state index in [0.717, 1.165) is 24.0 Å². The van der Waals surface area contributed by atoms with Gasteiger partial charge in [-0.2, -0.15) is 0 Å². The van der Waals surface area contributed by atoms with Crippen molar-refractivity contribution in [3.8, 4) is 0 Å². The monoisotopic (exact) mass is 251 g/mol. The van der Waals surface area contributed by atoms with Crippen LogP contribution in [0.25, 0.3) is 0 Å². The summed E-state index contributed by atoms with van der Waals surface area (Å²) in [5.41, 5.74) is 1.89. The Morgan fingerprint density at radius 3 is 2.44 bits per heavy atom. The lowest BCUT2D eigenvalue weighted by Gasteiger charge is -2.10. The van der Waals surface area contributed by atoms with Crippen molar-refractivity contribution in [1.29, 1.82) is 0 Å². The van der Waals surface area contributed by atoms with Gasteiger partial charge in [0.15, 0.2) is 0 Å². The van der Waals surface area contributed by atoms with Crippen molar-refractivity contribution in [1.82, 2.24) is 5.32 Å². The highest BCUT2D eigenvalue weighted by Crippen LogP contribution is 2.05. The minimum absolute atomic E-state index is 0.0585. The van der Waals surface area contributed by atoms with Gasteiger partial charge in [-0.15, -0.1) is 0 Å². The number of hydrogen-bond donors (Lipinski definition) is 3. The summed E-state index contributed by atoms with van der Waals surface area (Å²) in [6.45, 7) is 3.32. The highest BCUT2D eigenvalue weighted by Gasteiger charge is 2.02. The Bertz CT molecular complexity index is 362. The molecule has 0 saturated heterocycles. The van der Waals surface area contributed by atoms with E-state index in [1.807, 2.05) is 31.2 Å². The zero-order valence-corrected chi connectivity index (χ0v) is 10.7. The summed E-state index contributed by atoms with van der Waals surface area (Å²) >= 11 is 0. The molecule has 0 heterocycles. The van der Waals surface area contributed by atoms with Crippen LogP contribution in [0.15, 0.2) is 24.3 Å². The van der Waals surface area contributed by atoms with Crippen molar-refractivity contribution >= 4 is 5.97 Å². The van der Waals surface area contributed by atoms with Crippen LogP contribution in [0.2, 0.25) is 0 Å². The second-order valence-corrected chi connectivity index (χ2v) is 4.46. The predicted octanol–water partition coefficient (Wildman–Crippen LogP) is 1.56. The minimum atomic E-state index is -0.816. The SMILES string of the molecule is CCCC(O)CNCc1ccc(CC(=O)O)cc1. The second kappa shape index (κ2) is 7.84. The first-order valence-electron chi connectivity index (χ1n) is 6.30. The summed E-state index contributed by atoms with van der Waals surface area (Å²) in [5.74, 6) is -0.816. The van der Waals surface area contributed by atoms with Gasteiger partial charge in [0.05, 0.1) is 12.5 Å². The molecule has 0 bridgehead atoms. The molecule has 0 spiro atoms. The molecule has 0 aliphatic carbocycles. The Hall–Kier alpha value is -1.39. The largest absolute Gasteiger partial charge is 0.481 e. The summed E-state index contributed by atoms with van der Waals surface area (Å²) in [6.07, 6.45) is 1.56. The van der Waals surface area contributed by atoms with Gasteiger partial charge in [-0.25, -0.2) is 0 Å². The van der Waals surface area contributed by atoms with Crippen LogP contribution in [0.5, 0.6) is 0 Å². The third kappa shape index (κ3) is 5.80. The lowest BCUT2D eigenvalue weighted by atomic mass is 10.1. The maximum absolute atomic E-state index is 10.5. The van der Waals surface area contributed by atoms with E-state index in [2.05, 4.69) is 5.32 Å². The molecule has 0 radical (unpaired) electrons. The van der Waals surface area contributed by atoms with Crippen molar-refractivity contribution < 1.29 is 15.0 Å². The van der Waals surface area contributed by atoms with Crippen LogP contribution in [-0.4, -0.2) is 28.8 Å². The van der Waals surface area contributed by atoms with Crippen LogP contribution in [0.4, 0.5) is 0 Å². The van der Waals surface area contributed by atoms with E-state index in [0.29, 0.717) is 13.1 Å². The maximum Gasteiger partial charge on any atom is 0.307 e. The number of benzene rings is 1.